The van der Waals surface area contributed by atoms with Crippen LogP contribution in [0.2, 0.25) is 0 Å². The monoisotopic (exact) mass is 404 g/mol. The molecule has 0 aliphatic carbocycles. The number of primary amides is 1. The summed E-state index contributed by atoms with van der Waals surface area (Å²) in [7, 11) is 0. The topological polar surface area (TPSA) is 105 Å². The van der Waals surface area contributed by atoms with Gasteiger partial charge in [-0.1, -0.05) is 0 Å². The predicted molar refractivity (Wildman–Crippen MR) is 105 cm³/mol. The number of nitrogens with zero attached hydrogens (tertiary/aromatic N) is 1. The maximum atomic E-state index is 12.9. The zero-order valence-electron chi connectivity index (χ0n) is 15.1. The van der Waals surface area contributed by atoms with Gasteiger partial charge < -0.3 is 16.4 Å². The number of carbonyl (C=O) groups excluding carboxylic acids is 3. The lowest BCUT2D eigenvalue weighted by Gasteiger charge is -2.31. The molecule has 0 bridgehead atoms. The Bertz CT molecular complexity index is 860. The second kappa shape index (κ2) is 8.94. The van der Waals surface area contributed by atoms with Crippen LogP contribution in [0.15, 0.2) is 35.7 Å². The fourth-order valence-corrected chi connectivity index (χ4v) is 3.88. The number of nitrogens with one attached hydrogen (secondary N) is 2. The molecule has 1 aliphatic heterocycles. The van der Waals surface area contributed by atoms with Gasteiger partial charge in [-0.05, 0) is 48.6 Å². The molecule has 3 rings (SSSR count). The lowest BCUT2D eigenvalue weighted by atomic mass is 10.0. The first-order valence-electron chi connectivity index (χ1n) is 8.88. The highest BCUT2D eigenvalue weighted by Gasteiger charge is 2.23. The average molecular weight is 404 g/mol. The fraction of sp³-hybridized carbons (Fsp3) is 0.316. The molecule has 0 saturated carbocycles. The Hall–Kier alpha value is -2.78. The Morgan fingerprint density at radius 2 is 1.82 bits per heavy atom. The van der Waals surface area contributed by atoms with Crippen LogP contribution in [0.5, 0.6) is 0 Å². The average Bonchev–Trinajstić information content (AvgIpc) is 3.12. The van der Waals surface area contributed by atoms with E-state index in [0.717, 1.165) is 0 Å². The lowest BCUT2D eigenvalue weighted by Crippen LogP contribution is -2.46. The van der Waals surface area contributed by atoms with E-state index in [2.05, 4.69) is 10.6 Å². The summed E-state index contributed by atoms with van der Waals surface area (Å²) in [4.78, 5) is 37.7. The van der Waals surface area contributed by atoms with Gasteiger partial charge >= 0.3 is 0 Å². The van der Waals surface area contributed by atoms with Gasteiger partial charge in [0.2, 0.25) is 5.91 Å². The minimum atomic E-state index is -0.575. The van der Waals surface area contributed by atoms with Gasteiger partial charge in [0.05, 0.1) is 12.1 Å². The summed E-state index contributed by atoms with van der Waals surface area (Å²) in [5.41, 5.74) is 6.00. The van der Waals surface area contributed by atoms with Crippen LogP contribution in [0.3, 0.4) is 0 Å². The second-order valence-corrected chi connectivity index (χ2v) is 7.52. The van der Waals surface area contributed by atoms with E-state index in [1.54, 1.807) is 11.4 Å². The molecule has 28 heavy (non-hydrogen) atoms. The van der Waals surface area contributed by atoms with Crippen molar-refractivity contribution in [2.75, 3.05) is 25.0 Å². The SMILES string of the molecule is NC(=O)c1ccsc1NC(=O)CN1CCC(NC(=O)c2ccc(F)cc2)CC1. The van der Waals surface area contributed by atoms with Crippen LogP contribution in [0, 0.1) is 5.82 Å². The van der Waals surface area contributed by atoms with Gasteiger partial charge in [0.15, 0.2) is 0 Å². The minimum absolute atomic E-state index is 0.00984. The van der Waals surface area contributed by atoms with Crippen LogP contribution in [0.25, 0.3) is 0 Å². The van der Waals surface area contributed by atoms with Crippen molar-refractivity contribution in [1.29, 1.82) is 0 Å². The molecule has 0 unspecified atom stereocenters. The lowest BCUT2D eigenvalue weighted by molar-refractivity contribution is -0.117. The largest absolute Gasteiger partial charge is 0.366 e. The number of likely N-dealkylation sites (tertiary alicyclic amines) is 1. The molecule has 9 heteroatoms. The zero-order valence-corrected chi connectivity index (χ0v) is 15.9. The molecule has 0 atom stereocenters. The number of piperidine rings is 1. The number of thiophene rings is 1. The summed E-state index contributed by atoms with van der Waals surface area (Å²) in [6.45, 7) is 1.53. The number of hydrogen-bond acceptors (Lipinski definition) is 5. The van der Waals surface area contributed by atoms with Gasteiger partial charge in [-0.3, -0.25) is 19.3 Å². The van der Waals surface area contributed by atoms with E-state index in [-0.39, 0.29) is 30.2 Å². The highest BCUT2D eigenvalue weighted by atomic mass is 32.1. The normalized spacial score (nSPS) is 15.2. The number of benzene rings is 1. The number of halogens is 1. The molecule has 148 valence electrons. The van der Waals surface area contributed by atoms with Crippen LogP contribution in [-0.2, 0) is 4.79 Å². The molecule has 2 aromatic rings. The number of nitrogens with two attached hydrogens (primary N) is 1. The molecule has 1 saturated heterocycles. The quantitative estimate of drug-likeness (QED) is 0.683. The third kappa shape index (κ3) is 5.14. The molecule has 4 N–H and O–H groups in total. The smallest absolute Gasteiger partial charge is 0.251 e. The van der Waals surface area contributed by atoms with Crippen molar-refractivity contribution >= 4 is 34.1 Å². The molecule has 1 aromatic carbocycles. The summed E-state index contributed by atoms with van der Waals surface area (Å²) in [6, 6.07) is 7.01. The molecule has 0 radical (unpaired) electrons. The summed E-state index contributed by atoms with van der Waals surface area (Å²) in [6.07, 6.45) is 1.43. The number of carbonyl (C=O) groups is 3. The molecular weight excluding hydrogens is 383 g/mol. The highest BCUT2D eigenvalue weighted by Crippen LogP contribution is 2.22. The Balaban J connectivity index is 1.44. The third-order valence-corrected chi connectivity index (χ3v) is 5.41. The number of hydrogen-bond donors (Lipinski definition) is 3. The van der Waals surface area contributed by atoms with Crippen molar-refractivity contribution in [2.45, 2.75) is 18.9 Å². The zero-order chi connectivity index (χ0) is 20.1. The molecule has 2 heterocycles. The van der Waals surface area contributed by atoms with E-state index in [9.17, 15) is 18.8 Å². The van der Waals surface area contributed by atoms with Crippen LogP contribution >= 0.6 is 11.3 Å². The van der Waals surface area contributed by atoms with Gasteiger partial charge in [0.25, 0.3) is 11.8 Å². The van der Waals surface area contributed by atoms with Crippen molar-refractivity contribution in [3.05, 3.63) is 52.7 Å². The first kappa shape index (κ1) is 20.0. The first-order valence-corrected chi connectivity index (χ1v) is 9.76. The molecular formula is C19H21FN4O3S. The molecule has 1 aromatic heterocycles. The Kier molecular flexibility index (Phi) is 6.37. The molecule has 0 spiro atoms. The van der Waals surface area contributed by atoms with Gasteiger partial charge in [0, 0.05) is 24.7 Å². The fourth-order valence-electron chi connectivity index (χ4n) is 3.07. The molecule has 1 aliphatic rings. The number of amides is 3. The summed E-state index contributed by atoms with van der Waals surface area (Å²) in [5, 5.41) is 7.83. The maximum absolute atomic E-state index is 12.9. The molecule has 7 nitrogen and oxygen atoms in total. The van der Waals surface area contributed by atoms with Gasteiger partial charge in [-0.15, -0.1) is 11.3 Å². The molecule has 3 amide bonds. The highest BCUT2D eigenvalue weighted by molar-refractivity contribution is 7.14. The van der Waals surface area contributed by atoms with E-state index in [0.29, 0.717) is 42.1 Å². The standard InChI is InChI=1S/C19H21FN4O3S/c20-13-3-1-12(2-4-13)18(27)22-14-5-8-24(9-6-14)11-16(25)23-19-15(17(21)26)7-10-28-19/h1-4,7,10,14H,5-6,8-9,11H2,(H2,21,26)(H,22,27)(H,23,25). The van der Waals surface area contributed by atoms with Gasteiger partial charge in [-0.25, -0.2) is 4.39 Å². The van der Waals surface area contributed by atoms with Crippen molar-refractivity contribution in [3.8, 4) is 0 Å². The third-order valence-electron chi connectivity index (χ3n) is 4.58. The van der Waals surface area contributed by atoms with Crippen molar-refractivity contribution in [1.82, 2.24) is 10.2 Å². The van der Waals surface area contributed by atoms with E-state index in [4.69, 9.17) is 5.73 Å². The van der Waals surface area contributed by atoms with Crippen molar-refractivity contribution in [3.63, 3.8) is 0 Å². The van der Waals surface area contributed by atoms with Crippen molar-refractivity contribution in [2.24, 2.45) is 5.73 Å². The number of rotatable bonds is 6. The summed E-state index contributed by atoms with van der Waals surface area (Å²) >= 11 is 1.25. The Morgan fingerprint density at radius 1 is 1.14 bits per heavy atom. The van der Waals surface area contributed by atoms with E-state index in [1.807, 2.05) is 4.90 Å². The van der Waals surface area contributed by atoms with Gasteiger partial charge in [0.1, 0.15) is 10.8 Å². The van der Waals surface area contributed by atoms with Crippen LogP contribution in [-0.4, -0.2) is 48.3 Å². The Labute approximate surface area is 165 Å². The Morgan fingerprint density at radius 3 is 2.46 bits per heavy atom. The maximum Gasteiger partial charge on any atom is 0.251 e. The second-order valence-electron chi connectivity index (χ2n) is 6.61. The van der Waals surface area contributed by atoms with Gasteiger partial charge in [-0.2, -0.15) is 0 Å². The predicted octanol–water partition coefficient (Wildman–Crippen LogP) is 1.82. The summed E-state index contributed by atoms with van der Waals surface area (Å²) < 4.78 is 12.9. The van der Waals surface area contributed by atoms with Crippen LogP contribution in [0.4, 0.5) is 9.39 Å². The number of anilines is 1. The van der Waals surface area contributed by atoms with E-state index < -0.39 is 5.91 Å². The van der Waals surface area contributed by atoms with Crippen molar-refractivity contribution < 1.29 is 18.8 Å². The van der Waals surface area contributed by atoms with E-state index in [1.165, 1.54) is 35.6 Å². The molecule has 1 fully saturated rings. The van der Waals surface area contributed by atoms with E-state index >= 15 is 0 Å². The summed E-state index contributed by atoms with van der Waals surface area (Å²) in [5.74, 6) is -1.39. The van der Waals surface area contributed by atoms with Crippen LogP contribution < -0.4 is 16.4 Å². The van der Waals surface area contributed by atoms with Crippen LogP contribution in [0.1, 0.15) is 33.6 Å². The first-order chi connectivity index (χ1) is 13.4. The minimum Gasteiger partial charge on any atom is -0.366 e.